The van der Waals surface area contributed by atoms with Crippen LogP contribution >= 0.6 is 12.2 Å². The number of likely N-dealkylation sites (N-methyl/N-ethyl adjacent to an activating group) is 1. The fourth-order valence-electron chi connectivity index (χ4n) is 5.47. The van der Waals surface area contributed by atoms with E-state index < -0.39 is 0 Å². The van der Waals surface area contributed by atoms with E-state index in [4.69, 9.17) is 21.7 Å². The number of nitrogens with zero attached hydrogens (tertiary/aromatic N) is 1. The molecule has 32 heavy (non-hydrogen) atoms. The first-order valence-electron chi connectivity index (χ1n) is 11.1. The molecule has 7 heteroatoms. The number of ether oxygens (including phenoxy) is 2. The number of rotatable bonds is 5. The van der Waals surface area contributed by atoms with Gasteiger partial charge in [-0.2, -0.15) is 0 Å². The average molecular weight is 458 g/mol. The maximum atomic E-state index is 13.6. The van der Waals surface area contributed by atoms with Crippen molar-refractivity contribution < 1.29 is 13.9 Å². The Kier molecular flexibility index (Phi) is 6.58. The molecule has 2 aromatic carbocycles. The summed E-state index contributed by atoms with van der Waals surface area (Å²) in [6.07, 6.45) is 4.20. The molecule has 1 aliphatic carbocycles. The number of anilines is 1. The number of fused-ring (bicyclic) bond motifs is 1. The summed E-state index contributed by atoms with van der Waals surface area (Å²) in [6, 6.07) is 11.7. The van der Waals surface area contributed by atoms with Crippen LogP contribution < -0.4 is 20.1 Å². The van der Waals surface area contributed by atoms with Crippen LogP contribution in [-0.2, 0) is 5.41 Å². The molecule has 2 N–H and O–H groups in total. The molecule has 0 aromatic heterocycles. The molecule has 1 saturated carbocycles. The van der Waals surface area contributed by atoms with Crippen LogP contribution in [0.3, 0.4) is 0 Å². The third-order valence-electron chi connectivity index (χ3n) is 7.27. The topological polar surface area (TPSA) is 45.8 Å². The maximum absolute atomic E-state index is 13.6. The smallest absolute Gasteiger partial charge is 0.171 e. The van der Waals surface area contributed by atoms with Gasteiger partial charge >= 0.3 is 0 Å². The third-order valence-corrected chi connectivity index (χ3v) is 7.49. The normalized spacial score (nSPS) is 25.2. The number of halogens is 1. The largest absolute Gasteiger partial charge is 0.493 e. The van der Waals surface area contributed by atoms with Crippen LogP contribution in [0.15, 0.2) is 36.4 Å². The first kappa shape index (κ1) is 22.8. The average Bonchev–Trinajstić information content (AvgIpc) is 3.13. The van der Waals surface area contributed by atoms with Gasteiger partial charge in [0.1, 0.15) is 5.82 Å². The molecule has 0 amide bonds. The lowest BCUT2D eigenvalue weighted by atomic mass is 9.65. The van der Waals surface area contributed by atoms with Gasteiger partial charge in [0.15, 0.2) is 16.6 Å². The predicted octanol–water partition coefficient (Wildman–Crippen LogP) is 4.63. The molecule has 1 heterocycles. The van der Waals surface area contributed by atoms with E-state index in [1.807, 2.05) is 13.0 Å². The van der Waals surface area contributed by atoms with Gasteiger partial charge < -0.3 is 25.0 Å². The highest BCUT2D eigenvalue weighted by molar-refractivity contribution is 7.80. The molecule has 172 valence electrons. The molecule has 0 radical (unpaired) electrons. The highest BCUT2D eigenvalue weighted by Gasteiger charge is 2.50. The zero-order valence-electron chi connectivity index (χ0n) is 19.2. The SMILES string of the molecule is COc1ccc([C@@]23CC[C@H](NC(=S)Nc4cc(F)ccc4C)C[C@H]2N(C)CC3)cc1OC. The standard InChI is InChI=1S/C25H32FN3O2S/c1-16-5-7-18(26)14-20(16)28-24(32)27-19-9-10-25(11-12-29(2)23(25)15-19)17-6-8-21(30-3)22(13-17)31-4/h5-8,13-14,19,23H,9-12,15H2,1-4H3,(H2,27,28,32)/t19-,23+,25-/m0/s1. The first-order chi connectivity index (χ1) is 15.4. The molecule has 3 atom stereocenters. The lowest BCUT2D eigenvalue weighted by molar-refractivity contribution is 0.161. The van der Waals surface area contributed by atoms with Gasteiger partial charge in [-0.1, -0.05) is 12.1 Å². The van der Waals surface area contributed by atoms with Crippen molar-refractivity contribution in [3.8, 4) is 11.5 Å². The van der Waals surface area contributed by atoms with Crippen molar-refractivity contribution in [1.82, 2.24) is 10.2 Å². The summed E-state index contributed by atoms with van der Waals surface area (Å²) < 4.78 is 24.7. The van der Waals surface area contributed by atoms with E-state index in [9.17, 15) is 4.39 Å². The van der Waals surface area contributed by atoms with Gasteiger partial charge in [0.25, 0.3) is 0 Å². The second-order valence-electron chi connectivity index (χ2n) is 9.00. The quantitative estimate of drug-likeness (QED) is 0.639. The zero-order chi connectivity index (χ0) is 22.9. The molecule has 0 bridgehead atoms. The van der Waals surface area contributed by atoms with E-state index >= 15 is 0 Å². The van der Waals surface area contributed by atoms with Crippen LogP contribution in [-0.4, -0.2) is 49.9 Å². The molecule has 2 aromatic rings. The van der Waals surface area contributed by atoms with Crippen molar-refractivity contribution in [3.05, 3.63) is 53.3 Å². The van der Waals surface area contributed by atoms with Crippen LogP contribution in [0, 0.1) is 12.7 Å². The highest BCUT2D eigenvalue weighted by atomic mass is 32.1. The molecule has 0 spiro atoms. The van der Waals surface area contributed by atoms with Crippen LogP contribution in [0.1, 0.15) is 36.8 Å². The summed E-state index contributed by atoms with van der Waals surface area (Å²) in [6.45, 7) is 3.01. The number of thiocarbonyl (C=S) groups is 1. The summed E-state index contributed by atoms with van der Waals surface area (Å²) in [5.41, 5.74) is 3.08. The number of aryl methyl sites for hydroxylation is 1. The van der Waals surface area contributed by atoms with Crippen LogP contribution in [0.2, 0.25) is 0 Å². The van der Waals surface area contributed by atoms with E-state index in [1.165, 1.54) is 17.7 Å². The van der Waals surface area contributed by atoms with Gasteiger partial charge in [0, 0.05) is 23.2 Å². The Morgan fingerprint density at radius 2 is 1.91 bits per heavy atom. The van der Waals surface area contributed by atoms with Crippen molar-refractivity contribution in [2.45, 2.75) is 50.1 Å². The van der Waals surface area contributed by atoms with Crippen LogP contribution in [0.25, 0.3) is 0 Å². The number of benzene rings is 2. The predicted molar refractivity (Wildman–Crippen MR) is 130 cm³/mol. The monoisotopic (exact) mass is 457 g/mol. The van der Waals surface area contributed by atoms with Crippen molar-refractivity contribution >= 4 is 23.0 Å². The van der Waals surface area contributed by atoms with Gasteiger partial charge in [-0.05, 0) is 93.8 Å². The molecular weight excluding hydrogens is 425 g/mol. The Hall–Kier alpha value is -2.38. The Labute approximate surface area is 195 Å². The minimum Gasteiger partial charge on any atom is -0.493 e. The summed E-state index contributed by atoms with van der Waals surface area (Å²) in [7, 11) is 5.57. The van der Waals surface area contributed by atoms with Gasteiger partial charge in [-0.3, -0.25) is 0 Å². The Balaban J connectivity index is 1.49. The molecule has 5 nitrogen and oxygen atoms in total. The van der Waals surface area contributed by atoms with Gasteiger partial charge in [-0.15, -0.1) is 0 Å². The Bertz CT molecular complexity index is 1000. The molecule has 4 rings (SSSR count). The fraction of sp³-hybridized carbons (Fsp3) is 0.480. The molecule has 1 saturated heterocycles. The van der Waals surface area contributed by atoms with E-state index in [2.05, 4.69) is 34.7 Å². The molecule has 2 aliphatic rings. The number of methoxy groups -OCH3 is 2. The van der Waals surface area contributed by atoms with E-state index in [1.54, 1.807) is 20.3 Å². The summed E-state index contributed by atoms with van der Waals surface area (Å²) in [5.74, 6) is 1.27. The highest BCUT2D eigenvalue weighted by Crippen LogP contribution is 2.49. The Morgan fingerprint density at radius 3 is 2.66 bits per heavy atom. The van der Waals surface area contributed by atoms with Gasteiger partial charge in [0.05, 0.1) is 14.2 Å². The summed E-state index contributed by atoms with van der Waals surface area (Å²) >= 11 is 5.56. The summed E-state index contributed by atoms with van der Waals surface area (Å²) in [4.78, 5) is 2.47. The number of nitrogens with one attached hydrogen (secondary N) is 2. The second kappa shape index (κ2) is 9.24. The van der Waals surface area contributed by atoms with Gasteiger partial charge in [-0.25, -0.2) is 4.39 Å². The van der Waals surface area contributed by atoms with Crippen molar-refractivity contribution in [1.29, 1.82) is 0 Å². The number of likely N-dealkylation sites (tertiary alicyclic amines) is 1. The minimum absolute atomic E-state index is 0.0979. The first-order valence-corrected chi connectivity index (χ1v) is 11.5. The molecular formula is C25H32FN3O2S. The minimum atomic E-state index is -0.272. The molecule has 0 unspecified atom stereocenters. The van der Waals surface area contributed by atoms with Gasteiger partial charge in [0.2, 0.25) is 0 Å². The lowest BCUT2D eigenvalue weighted by Gasteiger charge is -2.45. The van der Waals surface area contributed by atoms with Crippen molar-refractivity contribution in [2.24, 2.45) is 0 Å². The third kappa shape index (κ3) is 4.28. The zero-order valence-corrected chi connectivity index (χ0v) is 20.0. The van der Waals surface area contributed by atoms with E-state index in [-0.39, 0.29) is 17.3 Å². The number of hydrogen-bond acceptors (Lipinski definition) is 4. The molecule has 1 aliphatic heterocycles. The van der Waals surface area contributed by atoms with E-state index in [0.717, 1.165) is 49.3 Å². The Morgan fingerprint density at radius 1 is 1.12 bits per heavy atom. The van der Waals surface area contributed by atoms with Crippen LogP contribution in [0.5, 0.6) is 11.5 Å². The second-order valence-corrected chi connectivity index (χ2v) is 9.41. The lowest BCUT2D eigenvalue weighted by Crippen LogP contribution is -2.52. The fourth-order valence-corrected chi connectivity index (χ4v) is 5.74. The van der Waals surface area contributed by atoms with Crippen LogP contribution in [0.4, 0.5) is 10.1 Å². The van der Waals surface area contributed by atoms with Crippen molar-refractivity contribution in [3.63, 3.8) is 0 Å². The van der Waals surface area contributed by atoms with E-state index in [0.29, 0.717) is 16.8 Å². The summed E-state index contributed by atoms with van der Waals surface area (Å²) in [5, 5.41) is 7.20. The maximum Gasteiger partial charge on any atom is 0.171 e. The van der Waals surface area contributed by atoms with Crippen molar-refractivity contribution in [2.75, 3.05) is 33.1 Å². The molecule has 2 fully saturated rings. The number of hydrogen-bond donors (Lipinski definition) is 2.